The minimum absolute atomic E-state index is 0.663. The molecule has 258 valence electrons. The minimum Gasteiger partial charge on any atom is -0.208 e. The van der Waals surface area contributed by atoms with Crippen LogP contribution in [0.3, 0.4) is 0 Å². The second-order valence-corrected chi connectivity index (χ2v) is 14.7. The fourth-order valence-electron chi connectivity index (χ4n) is 7.34. The van der Waals surface area contributed by atoms with Gasteiger partial charge in [-0.25, -0.2) is 15.0 Å². The van der Waals surface area contributed by atoms with Gasteiger partial charge in [0, 0.05) is 36.9 Å². The molecule has 2 heterocycles. The molecular weight excluding hydrogens is 687 g/mol. The van der Waals surface area contributed by atoms with Crippen LogP contribution in [0.4, 0.5) is 0 Å². The second-order valence-electron chi connectivity index (χ2n) is 13.6. The Morgan fingerprint density at radius 2 is 0.673 bits per heavy atom. The molecule has 0 bridgehead atoms. The lowest BCUT2D eigenvalue weighted by Gasteiger charge is -2.10. The fourth-order valence-corrected chi connectivity index (χ4v) is 8.51. The van der Waals surface area contributed by atoms with Crippen LogP contribution in [0.25, 0.3) is 98.8 Å². The summed E-state index contributed by atoms with van der Waals surface area (Å²) in [4.78, 5) is 15.0. The number of thiophene rings is 1. The van der Waals surface area contributed by atoms with E-state index in [2.05, 4.69) is 140 Å². The molecule has 55 heavy (non-hydrogen) atoms. The molecule has 8 aromatic carbocycles. The largest absolute Gasteiger partial charge is 0.208 e. The topological polar surface area (TPSA) is 38.7 Å². The molecule has 2 aromatic heterocycles. The normalized spacial score (nSPS) is 11.3. The molecule has 0 N–H and O–H groups in total. The van der Waals surface area contributed by atoms with Gasteiger partial charge in [0.2, 0.25) is 0 Å². The maximum atomic E-state index is 5.05. The molecule has 0 aliphatic rings. The first-order valence-corrected chi connectivity index (χ1v) is 19.2. The lowest BCUT2D eigenvalue weighted by atomic mass is 9.96. The Hall–Kier alpha value is -7.01. The highest BCUT2D eigenvalue weighted by Crippen LogP contribution is 2.41. The van der Waals surface area contributed by atoms with E-state index in [1.165, 1.54) is 64.7 Å². The van der Waals surface area contributed by atoms with Crippen molar-refractivity contribution >= 4 is 31.5 Å². The third-order valence-electron chi connectivity index (χ3n) is 10.2. The smallest absolute Gasteiger partial charge is 0.164 e. The van der Waals surface area contributed by atoms with Crippen LogP contribution in [0.1, 0.15) is 0 Å². The van der Waals surface area contributed by atoms with Gasteiger partial charge in [-0.2, -0.15) is 0 Å². The van der Waals surface area contributed by atoms with Crippen molar-refractivity contribution in [1.82, 2.24) is 15.0 Å². The first-order chi connectivity index (χ1) is 27.2. The molecule has 0 aliphatic heterocycles. The number of hydrogen-bond acceptors (Lipinski definition) is 4. The van der Waals surface area contributed by atoms with Gasteiger partial charge in [0.05, 0.1) is 0 Å². The molecule has 0 spiro atoms. The van der Waals surface area contributed by atoms with E-state index in [1.807, 2.05) is 72.0 Å². The van der Waals surface area contributed by atoms with Gasteiger partial charge in [0.25, 0.3) is 0 Å². The van der Waals surface area contributed by atoms with Gasteiger partial charge in [-0.1, -0.05) is 182 Å². The Labute approximate surface area is 323 Å². The Bertz CT molecular complexity index is 2880. The van der Waals surface area contributed by atoms with E-state index in [0.29, 0.717) is 17.5 Å². The van der Waals surface area contributed by atoms with E-state index >= 15 is 0 Å². The van der Waals surface area contributed by atoms with Gasteiger partial charge < -0.3 is 0 Å². The van der Waals surface area contributed by atoms with Crippen molar-refractivity contribution < 1.29 is 0 Å². The maximum absolute atomic E-state index is 5.05. The average molecular weight is 720 g/mol. The van der Waals surface area contributed by atoms with Crippen molar-refractivity contribution in [3.63, 3.8) is 0 Å². The third-order valence-corrected chi connectivity index (χ3v) is 11.3. The van der Waals surface area contributed by atoms with Gasteiger partial charge in [-0.3, -0.25) is 0 Å². The average Bonchev–Trinajstić information content (AvgIpc) is 3.66. The summed E-state index contributed by atoms with van der Waals surface area (Å²) in [6, 6.07) is 70.6. The van der Waals surface area contributed by atoms with E-state index in [1.54, 1.807) is 0 Å². The predicted molar refractivity (Wildman–Crippen MR) is 231 cm³/mol. The highest BCUT2D eigenvalue weighted by Gasteiger charge is 2.17. The number of nitrogens with zero attached hydrogens (tertiary/aromatic N) is 3. The summed E-state index contributed by atoms with van der Waals surface area (Å²) >= 11 is 1.81. The van der Waals surface area contributed by atoms with Gasteiger partial charge in [-0.05, 0) is 62.7 Å². The van der Waals surface area contributed by atoms with Crippen molar-refractivity contribution in [3.05, 3.63) is 200 Å². The Balaban J connectivity index is 0.959. The zero-order valence-electron chi connectivity index (χ0n) is 29.8. The summed E-state index contributed by atoms with van der Waals surface area (Å²) in [5.41, 5.74) is 12.6. The molecule has 3 nitrogen and oxygen atoms in total. The lowest BCUT2D eigenvalue weighted by molar-refractivity contribution is 1.08. The van der Waals surface area contributed by atoms with Crippen molar-refractivity contribution in [2.75, 3.05) is 0 Å². The molecule has 0 atom stereocenters. The monoisotopic (exact) mass is 719 g/mol. The van der Waals surface area contributed by atoms with Gasteiger partial charge >= 0.3 is 0 Å². The first-order valence-electron chi connectivity index (χ1n) is 18.4. The Morgan fingerprint density at radius 1 is 0.273 bits per heavy atom. The highest BCUT2D eigenvalue weighted by molar-refractivity contribution is 7.26. The maximum Gasteiger partial charge on any atom is 0.164 e. The molecule has 4 heteroatoms. The molecule has 10 aromatic rings. The van der Waals surface area contributed by atoms with Crippen LogP contribution in [0.2, 0.25) is 0 Å². The molecule has 0 unspecified atom stereocenters. The van der Waals surface area contributed by atoms with Crippen LogP contribution in [0.5, 0.6) is 0 Å². The van der Waals surface area contributed by atoms with Gasteiger partial charge in [0.15, 0.2) is 17.5 Å². The van der Waals surface area contributed by atoms with Crippen LogP contribution >= 0.6 is 11.3 Å². The third kappa shape index (κ3) is 6.39. The summed E-state index contributed by atoms with van der Waals surface area (Å²) in [5, 5.41) is 2.37. The second kappa shape index (κ2) is 14.1. The molecule has 0 saturated carbocycles. The van der Waals surface area contributed by atoms with E-state index in [0.717, 1.165) is 16.7 Å². The standard InChI is InChI=1S/C51H33N3S/c1-4-12-34(13-5-1)41-18-10-19-42(32-41)37-26-22-35(23-27-37)36-24-28-38(29-25-36)43-30-31-44-47(33-43)55-46-21-11-20-45(48(44)46)51-53-49(39-14-6-2-7-15-39)52-50(54-51)40-16-8-3-9-17-40/h1-33H. The highest BCUT2D eigenvalue weighted by atomic mass is 32.1. The summed E-state index contributed by atoms with van der Waals surface area (Å²) in [6.07, 6.45) is 0. The number of fused-ring (bicyclic) bond motifs is 3. The number of aromatic nitrogens is 3. The molecular formula is C51H33N3S. The zero-order chi connectivity index (χ0) is 36.6. The van der Waals surface area contributed by atoms with Crippen LogP contribution in [-0.2, 0) is 0 Å². The fraction of sp³-hybridized carbons (Fsp3) is 0. The summed E-state index contributed by atoms with van der Waals surface area (Å²) in [5.74, 6) is 2.00. The van der Waals surface area contributed by atoms with Crippen molar-refractivity contribution in [3.8, 4) is 78.7 Å². The van der Waals surface area contributed by atoms with Crippen molar-refractivity contribution in [1.29, 1.82) is 0 Å². The Morgan fingerprint density at radius 3 is 1.22 bits per heavy atom. The zero-order valence-corrected chi connectivity index (χ0v) is 30.6. The van der Waals surface area contributed by atoms with Gasteiger partial charge in [0.1, 0.15) is 0 Å². The van der Waals surface area contributed by atoms with Crippen LogP contribution in [-0.4, -0.2) is 15.0 Å². The SMILES string of the molecule is c1ccc(-c2cccc(-c3ccc(-c4ccc(-c5ccc6c(c5)sc5cccc(-c7nc(-c8ccccc8)nc(-c8ccccc8)n7)c56)cc4)cc3)c2)cc1. The molecule has 10 rings (SSSR count). The first kappa shape index (κ1) is 32.6. The predicted octanol–water partition coefficient (Wildman–Crippen LogP) is 13.9. The van der Waals surface area contributed by atoms with Crippen LogP contribution in [0.15, 0.2) is 200 Å². The van der Waals surface area contributed by atoms with Crippen LogP contribution < -0.4 is 0 Å². The number of rotatable bonds is 7. The van der Waals surface area contributed by atoms with Gasteiger partial charge in [-0.15, -0.1) is 11.3 Å². The van der Waals surface area contributed by atoms with E-state index in [-0.39, 0.29) is 0 Å². The minimum atomic E-state index is 0.663. The quantitative estimate of drug-likeness (QED) is 0.165. The van der Waals surface area contributed by atoms with E-state index in [9.17, 15) is 0 Å². The Kier molecular flexibility index (Phi) is 8.36. The molecule has 0 fully saturated rings. The molecule has 0 radical (unpaired) electrons. The molecule has 0 amide bonds. The van der Waals surface area contributed by atoms with Crippen molar-refractivity contribution in [2.45, 2.75) is 0 Å². The summed E-state index contributed by atoms with van der Waals surface area (Å²) in [6.45, 7) is 0. The summed E-state index contributed by atoms with van der Waals surface area (Å²) < 4.78 is 2.44. The molecule has 0 aliphatic carbocycles. The van der Waals surface area contributed by atoms with E-state index < -0.39 is 0 Å². The molecule has 0 saturated heterocycles. The van der Waals surface area contributed by atoms with Crippen LogP contribution in [0, 0.1) is 0 Å². The lowest BCUT2D eigenvalue weighted by Crippen LogP contribution is -2.00. The van der Waals surface area contributed by atoms with E-state index in [4.69, 9.17) is 15.0 Å². The number of benzene rings is 8. The van der Waals surface area contributed by atoms with Crippen molar-refractivity contribution in [2.24, 2.45) is 0 Å². The summed E-state index contributed by atoms with van der Waals surface area (Å²) in [7, 11) is 0. The number of hydrogen-bond donors (Lipinski definition) is 0.